The van der Waals surface area contributed by atoms with Crippen molar-refractivity contribution in [1.82, 2.24) is 9.88 Å². The third-order valence-corrected chi connectivity index (χ3v) is 2.69. The Labute approximate surface area is 90.0 Å². The molecule has 1 saturated heterocycles. The SMILES string of the molecule is [C-]#[N+]c1cccnc1N1CCN(C)CC1. The van der Waals surface area contributed by atoms with Crippen LogP contribution in [0.2, 0.25) is 0 Å². The van der Waals surface area contributed by atoms with Crippen molar-refractivity contribution < 1.29 is 0 Å². The maximum Gasteiger partial charge on any atom is 0.228 e. The summed E-state index contributed by atoms with van der Waals surface area (Å²) in [6.07, 6.45) is 1.75. The number of aromatic nitrogens is 1. The molecule has 0 aliphatic carbocycles. The van der Waals surface area contributed by atoms with Gasteiger partial charge in [-0.05, 0) is 7.05 Å². The van der Waals surface area contributed by atoms with E-state index in [1.807, 2.05) is 12.1 Å². The molecular weight excluding hydrogens is 188 g/mol. The van der Waals surface area contributed by atoms with Crippen LogP contribution >= 0.6 is 0 Å². The summed E-state index contributed by atoms with van der Waals surface area (Å²) in [6, 6.07) is 3.64. The zero-order valence-electron chi connectivity index (χ0n) is 8.85. The molecule has 15 heavy (non-hydrogen) atoms. The fourth-order valence-electron chi connectivity index (χ4n) is 1.74. The molecule has 0 unspecified atom stereocenters. The van der Waals surface area contributed by atoms with E-state index < -0.39 is 0 Å². The molecule has 0 amide bonds. The lowest BCUT2D eigenvalue weighted by Gasteiger charge is -2.33. The molecule has 0 radical (unpaired) electrons. The minimum atomic E-state index is 0.655. The van der Waals surface area contributed by atoms with E-state index in [9.17, 15) is 0 Å². The number of pyridine rings is 1. The monoisotopic (exact) mass is 202 g/mol. The zero-order valence-corrected chi connectivity index (χ0v) is 8.85. The van der Waals surface area contributed by atoms with Gasteiger partial charge in [-0.1, -0.05) is 12.1 Å². The predicted molar refractivity (Wildman–Crippen MR) is 60.2 cm³/mol. The van der Waals surface area contributed by atoms with Crippen LogP contribution in [-0.2, 0) is 0 Å². The van der Waals surface area contributed by atoms with Crippen LogP contribution in [0.25, 0.3) is 4.85 Å². The third kappa shape index (κ3) is 2.08. The maximum absolute atomic E-state index is 7.09. The number of piperazine rings is 1. The molecule has 0 bridgehead atoms. The largest absolute Gasteiger partial charge is 0.363 e. The van der Waals surface area contributed by atoms with Gasteiger partial charge in [-0.2, -0.15) is 0 Å². The summed E-state index contributed by atoms with van der Waals surface area (Å²) in [5, 5.41) is 0. The molecule has 0 saturated carbocycles. The van der Waals surface area contributed by atoms with Gasteiger partial charge in [0.15, 0.2) is 0 Å². The standard InChI is InChI=1S/C11H14N4/c1-12-10-4-3-5-13-11(10)15-8-6-14(2)7-9-15/h3-5H,6-9H2,2H3. The molecule has 0 N–H and O–H groups in total. The second kappa shape index (κ2) is 4.28. The first-order chi connectivity index (χ1) is 7.31. The molecule has 4 nitrogen and oxygen atoms in total. The quantitative estimate of drug-likeness (QED) is 0.643. The summed E-state index contributed by atoms with van der Waals surface area (Å²) in [5.41, 5.74) is 0.655. The number of anilines is 1. The van der Waals surface area contributed by atoms with Gasteiger partial charge in [0.1, 0.15) is 5.82 Å². The van der Waals surface area contributed by atoms with Crippen LogP contribution in [0.4, 0.5) is 11.5 Å². The lowest BCUT2D eigenvalue weighted by atomic mass is 10.3. The van der Waals surface area contributed by atoms with Crippen molar-refractivity contribution in [2.24, 2.45) is 0 Å². The molecule has 78 valence electrons. The summed E-state index contributed by atoms with van der Waals surface area (Å²) >= 11 is 0. The highest BCUT2D eigenvalue weighted by Crippen LogP contribution is 2.25. The van der Waals surface area contributed by atoms with Crippen molar-refractivity contribution in [3.05, 3.63) is 29.7 Å². The lowest BCUT2D eigenvalue weighted by molar-refractivity contribution is 0.312. The molecule has 1 aromatic rings. The number of hydrogen-bond acceptors (Lipinski definition) is 3. The molecule has 2 heterocycles. The van der Waals surface area contributed by atoms with Gasteiger partial charge < -0.3 is 9.80 Å². The van der Waals surface area contributed by atoms with Crippen molar-refractivity contribution in [2.75, 3.05) is 38.1 Å². The van der Waals surface area contributed by atoms with Crippen molar-refractivity contribution in [3.8, 4) is 0 Å². The van der Waals surface area contributed by atoms with Gasteiger partial charge in [0, 0.05) is 32.4 Å². The molecule has 0 atom stereocenters. The van der Waals surface area contributed by atoms with Crippen molar-refractivity contribution in [2.45, 2.75) is 0 Å². The summed E-state index contributed by atoms with van der Waals surface area (Å²) in [5.74, 6) is 0.834. The highest BCUT2D eigenvalue weighted by molar-refractivity contribution is 5.66. The fourth-order valence-corrected chi connectivity index (χ4v) is 1.74. The van der Waals surface area contributed by atoms with Crippen LogP contribution in [0.3, 0.4) is 0 Å². The van der Waals surface area contributed by atoms with E-state index in [4.69, 9.17) is 6.57 Å². The van der Waals surface area contributed by atoms with Gasteiger partial charge in [0.25, 0.3) is 0 Å². The highest BCUT2D eigenvalue weighted by Gasteiger charge is 2.17. The molecule has 1 aromatic heterocycles. The van der Waals surface area contributed by atoms with Gasteiger partial charge in [-0.15, -0.1) is 0 Å². The number of nitrogens with zero attached hydrogens (tertiary/aromatic N) is 4. The van der Waals surface area contributed by atoms with E-state index in [1.54, 1.807) is 6.20 Å². The Hall–Kier alpha value is -1.60. The van der Waals surface area contributed by atoms with Crippen LogP contribution in [0, 0.1) is 6.57 Å². The summed E-state index contributed by atoms with van der Waals surface area (Å²) < 4.78 is 0. The molecule has 2 rings (SSSR count). The van der Waals surface area contributed by atoms with Crippen LogP contribution in [0.1, 0.15) is 0 Å². The Morgan fingerprint density at radius 3 is 2.73 bits per heavy atom. The Balaban J connectivity index is 2.19. The zero-order chi connectivity index (χ0) is 10.7. The van der Waals surface area contributed by atoms with E-state index in [0.29, 0.717) is 5.69 Å². The van der Waals surface area contributed by atoms with Crippen molar-refractivity contribution in [1.29, 1.82) is 0 Å². The topological polar surface area (TPSA) is 23.7 Å². The third-order valence-electron chi connectivity index (χ3n) is 2.69. The van der Waals surface area contributed by atoms with E-state index in [2.05, 4.69) is 26.7 Å². The van der Waals surface area contributed by atoms with Crippen molar-refractivity contribution >= 4 is 11.5 Å². The lowest BCUT2D eigenvalue weighted by Crippen LogP contribution is -2.44. The van der Waals surface area contributed by atoms with E-state index in [-0.39, 0.29) is 0 Å². The van der Waals surface area contributed by atoms with Crippen LogP contribution in [0.5, 0.6) is 0 Å². The smallest absolute Gasteiger partial charge is 0.228 e. The fraction of sp³-hybridized carbons (Fsp3) is 0.455. The molecule has 4 heteroatoms. The Morgan fingerprint density at radius 2 is 2.07 bits per heavy atom. The Morgan fingerprint density at radius 1 is 1.33 bits per heavy atom. The van der Waals surface area contributed by atoms with Crippen LogP contribution in [0.15, 0.2) is 18.3 Å². The predicted octanol–water partition coefficient (Wildman–Crippen LogP) is 1.38. The highest BCUT2D eigenvalue weighted by atomic mass is 15.3. The molecular formula is C11H14N4. The van der Waals surface area contributed by atoms with E-state index >= 15 is 0 Å². The first kappa shape index (κ1) is 9.94. The van der Waals surface area contributed by atoms with Crippen LogP contribution in [-0.4, -0.2) is 43.1 Å². The van der Waals surface area contributed by atoms with E-state index in [0.717, 1.165) is 32.0 Å². The van der Waals surface area contributed by atoms with Gasteiger partial charge in [0.05, 0.1) is 6.57 Å². The molecule has 1 aliphatic heterocycles. The van der Waals surface area contributed by atoms with Gasteiger partial charge in [-0.3, -0.25) is 4.98 Å². The number of likely N-dealkylation sites (N-methyl/N-ethyl adjacent to an activating group) is 1. The van der Waals surface area contributed by atoms with Crippen molar-refractivity contribution in [3.63, 3.8) is 0 Å². The molecule has 1 fully saturated rings. The number of rotatable bonds is 1. The average molecular weight is 202 g/mol. The minimum Gasteiger partial charge on any atom is -0.363 e. The average Bonchev–Trinajstić information content (AvgIpc) is 2.30. The summed E-state index contributed by atoms with van der Waals surface area (Å²) in [7, 11) is 2.12. The Bertz CT molecular complexity index is 374. The normalized spacial score (nSPS) is 17.5. The molecule has 0 spiro atoms. The summed E-state index contributed by atoms with van der Waals surface area (Å²) in [4.78, 5) is 12.3. The van der Waals surface area contributed by atoms with E-state index in [1.165, 1.54) is 0 Å². The first-order valence-corrected chi connectivity index (χ1v) is 5.07. The van der Waals surface area contributed by atoms with Crippen LogP contribution < -0.4 is 4.90 Å². The molecule has 0 aromatic carbocycles. The second-order valence-electron chi connectivity index (χ2n) is 3.75. The minimum absolute atomic E-state index is 0.655. The van der Waals surface area contributed by atoms with Gasteiger partial charge >= 0.3 is 0 Å². The maximum atomic E-state index is 7.09. The Kier molecular flexibility index (Phi) is 2.84. The number of hydrogen-bond donors (Lipinski definition) is 0. The second-order valence-corrected chi connectivity index (χ2v) is 3.75. The van der Waals surface area contributed by atoms with Gasteiger partial charge in [0.2, 0.25) is 5.69 Å². The first-order valence-electron chi connectivity index (χ1n) is 5.07. The summed E-state index contributed by atoms with van der Waals surface area (Å²) in [6.45, 7) is 11.1. The van der Waals surface area contributed by atoms with Gasteiger partial charge in [-0.25, -0.2) is 4.85 Å². The molecule has 1 aliphatic rings.